The van der Waals surface area contributed by atoms with E-state index in [0.717, 1.165) is 35.4 Å². The van der Waals surface area contributed by atoms with Gasteiger partial charge in [0, 0.05) is 24.4 Å². The number of anilines is 3. The lowest BCUT2D eigenvalue weighted by molar-refractivity contribution is 0.415. The van der Waals surface area contributed by atoms with Gasteiger partial charge in [-0.25, -0.2) is 9.97 Å². The zero-order valence-electron chi connectivity index (χ0n) is 13.0. The van der Waals surface area contributed by atoms with Crippen LogP contribution in [0, 0.1) is 12.8 Å². The maximum Gasteiger partial charge on any atom is 0.136 e. The molecule has 0 aliphatic carbocycles. The monoisotopic (exact) mass is 286 g/mol. The average molecular weight is 286 g/mol. The first-order chi connectivity index (χ1) is 10.1. The van der Waals surface area contributed by atoms with E-state index >= 15 is 0 Å². The van der Waals surface area contributed by atoms with Crippen molar-refractivity contribution in [3.8, 4) is 5.75 Å². The maximum atomic E-state index is 5.22. The molecule has 0 fully saturated rings. The normalized spacial score (nSPS) is 10.5. The number of methoxy groups -OCH3 is 1. The molecule has 5 nitrogen and oxygen atoms in total. The van der Waals surface area contributed by atoms with Crippen LogP contribution in [0.25, 0.3) is 0 Å². The van der Waals surface area contributed by atoms with Crippen LogP contribution in [0.3, 0.4) is 0 Å². The van der Waals surface area contributed by atoms with Crippen LogP contribution >= 0.6 is 0 Å². The summed E-state index contributed by atoms with van der Waals surface area (Å²) in [5.41, 5.74) is 0.933. The molecular weight excluding hydrogens is 264 g/mol. The molecule has 0 aliphatic rings. The fourth-order valence-corrected chi connectivity index (χ4v) is 1.88. The molecule has 2 N–H and O–H groups in total. The van der Waals surface area contributed by atoms with Crippen molar-refractivity contribution in [1.82, 2.24) is 9.97 Å². The van der Waals surface area contributed by atoms with Crippen LogP contribution in [-0.4, -0.2) is 23.6 Å². The number of benzene rings is 1. The van der Waals surface area contributed by atoms with E-state index in [0.29, 0.717) is 5.92 Å². The molecule has 0 bridgehead atoms. The molecule has 0 aliphatic heterocycles. The van der Waals surface area contributed by atoms with Gasteiger partial charge in [-0.15, -0.1) is 0 Å². The van der Waals surface area contributed by atoms with Crippen molar-refractivity contribution in [2.24, 2.45) is 5.92 Å². The Labute approximate surface area is 125 Å². The summed E-state index contributed by atoms with van der Waals surface area (Å²) in [6.07, 6.45) is 0. The van der Waals surface area contributed by atoms with Gasteiger partial charge in [0.05, 0.1) is 7.11 Å². The van der Waals surface area contributed by atoms with Crippen molar-refractivity contribution in [2.75, 3.05) is 24.3 Å². The first-order valence-corrected chi connectivity index (χ1v) is 7.07. The van der Waals surface area contributed by atoms with Crippen LogP contribution in [0.5, 0.6) is 5.75 Å². The minimum atomic E-state index is 0.565. The maximum absolute atomic E-state index is 5.22. The third-order valence-corrected chi connectivity index (χ3v) is 2.87. The van der Waals surface area contributed by atoms with Crippen LogP contribution in [-0.2, 0) is 0 Å². The minimum absolute atomic E-state index is 0.565. The quantitative estimate of drug-likeness (QED) is 0.849. The smallest absolute Gasteiger partial charge is 0.136 e. The lowest BCUT2D eigenvalue weighted by atomic mass is 10.2. The van der Waals surface area contributed by atoms with Gasteiger partial charge in [-0.3, -0.25) is 0 Å². The molecule has 2 rings (SSSR count). The predicted molar refractivity (Wildman–Crippen MR) is 86.4 cm³/mol. The summed E-state index contributed by atoms with van der Waals surface area (Å²) in [5, 5.41) is 6.59. The van der Waals surface area contributed by atoms with E-state index in [2.05, 4.69) is 34.4 Å². The summed E-state index contributed by atoms with van der Waals surface area (Å²) >= 11 is 0. The van der Waals surface area contributed by atoms with Gasteiger partial charge >= 0.3 is 0 Å². The lowest BCUT2D eigenvalue weighted by Gasteiger charge is -2.12. The van der Waals surface area contributed by atoms with Gasteiger partial charge in [0.1, 0.15) is 23.2 Å². The highest BCUT2D eigenvalue weighted by molar-refractivity contribution is 5.60. The van der Waals surface area contributed by atoms with E-state index in [1.165, 1.54) is 0 Å². The van der Waals surface area contributed by atoms with Crippen molar-refractivity contribution in [2.45, 2.75) is 20.8 Å². The van der Waals surface area contributed by atoms with Gasteiger partial charge in [0.15, 0.2) is 0 Å². The largest absolute Gasteiger partial charge is 0.497 e. The number of aromatic nitrogens is 2. The van der Waals surface area contributed by atoms with Gasteiger partial charge in [-0.2, -0.15) is 0 Å². The third kappa shape index (κ3) is 4.63. The Morgan fingerprint density at radius 1 is 1.14 bits per heavy atom. The highest BCUT2D eigenvalue weighted by atomic mass is 16.5. The topological polar surface area (TPSA) is 59.1 Å². The van der Waals surface area contributed by atoms with E-state index in [9.17, 15) is 0 Å². The molecule has 0 unspecified atom stereocenters. The molecule has 0 atom stereocenters. The molecule has 0 amide bonds. The number of ether oxygens (including phenoxy) is 1. The van der Waals surface area contributed by atoms with E-state index in [-0.39, 0.29) is 0 Å². The Kier molecular flexibility index (Phi) is 4.98. The molecule has 1 aromatic heterocycles. The summed E-state index contributed by atoms with van der Waals surface area (Å²) < 4.78 is 5.22. The summed E-state index contributed by atoms with van der Waals surface area (Å²) in [7, 11) is 1.65. The van der Waals surface area contributed by atoms with E-state index in [1.807, 2.05) is 37.3 Å². The summed E-state index contributed by atoms with van der Waals surface area (Å²) in [5.74, 6) is 3.71. The summed E-state index contributed by atoms with van der Waals surface area (Å²) in [4.78, 5) is 8.80. The fourth-order valence-electron chi connectivity index (χ4n) is 1.88. The molecule has 5 heteroatoms. The Morgan fingerprint density at radius 3 is 2.62 bits per heavy atom. The zero-order chi connectivity index (χ0) is 15.2. The van der Waals surface area contributed by atoms with Crippen molar-refractivity contribution < 1.29 is 4.74 Å². The molecule has 112 valence electrons. The fraction of sp³-hybridized carbons (Fsp3) is 0.375. The number of hydrogen-bond donors (Lipinski definition) is 2. The van der Waals surface area contributed by atoms with Gasteiger partial charge in [0.25, 0.3) is 0 Å². The second-order valence-electron chi connectivity index (χ2n) is 5.32. The Morgan fingerprint density at radius 2 is 1.90 bits per heavy atom. The number of nitrogens with zero attached hydrogens (tertiary/aromatic N) is 2. The first-order valence-electron chi connectivity index (χ1n) is 7.07. The Hall–Kier alpha value is -2.30. The van der Waals surface area contributed by atoms with Crippen molar-refractivity contribution in [3.63, 3.8) is 0 Å². The Balaban J connectivity index is 2.15. The minimum Gasteiger partial charge on any atom is -0.497 e. The van der Waals surface area contributed by atoms with Gasteiger partial charge in [-0.05, 0) is 25.0 Å². The molecule has 0 spiro atoms. The Bertz CT molecular complexity index is 599. The average Bonchev–Trinajstić information content (AvgIpc) is 2.45. The molecule has 0 radical (unpaired) electrons. The SMILES string of the molecule is COc1cccc(Nc2cc(NCC(C)C)nc(C)n2)c1. The molecule has 1 aromatic carbocycles. The second kappa shape index (κ2) is 6.92. The third-order valence-electron chi connectivity index (χ3n) is 2.87. The van der Waals surface area contributed by atoms with Crippen molar-refractivity contribution in [1.29, 1.82) is 0 Å². The highest BCUT2D eigenvalue weighted by Crippen LogP contribution is 2.21. The van der Waals surface area contributed by atoms with Gasteiger partial charge in [0.2, 0.25) is 0 Å². The summed E-state index contributed by atoms with van der Waals surface area (Å²) in [6, 6.07) is 9.66. The lowest BCUT2D eigenvalue weighted by Crippen LogP contribution is -2.10. The number of rotatable bonds is 6. The number of nitrogens with one attached hydrogen (secondary N) is 2. The van der Waals surface area contributed by atoms with Gasteiger partial charge in [-0.1, -0.05) is 19.9 Å². The molecule has 21 heavy (non-hydrogen) atoms. The molecule has 0 saturated carbocycles. The molecular formula is C16H22N4O. The predicted octanol–water partition coefficient (Wildman–Crippen LogP) is 3.61. The molecule has 1 heterocycles. The van der Waals surface area contributed by atoms with E-state index in [1.54, 1.807) is 7.11 Å². The van der Waals surface area contributed by atoms with Gasteiger partial charge < -0.3 is 15.4 Å². The van der Waals surface area contributed by atoms with Crippen LogP contribution in [0.1, 0.15) is 19.7 Å². The van der Waals surface area contributed by atoms with Crippen LogP contribution in [0.2, 0.25) is 0 Å². The van der Waals surface area contributed by atoms with Crippen LogP contribution < -0.4 is 15.4 Å². The van der Waals surface area contributed by atoms with Crippen molar-refractivity contribution >= 4 is 17.3 Å². The van der Waals surface area contributed by atoms with E-state index < -0.39 is 0 Å². The summed E-state index contributed by atoms with van der Waals surface area (Å²) in [6.45, 7) is 7.10. The van der Waals surface area contributed by atoms with Crippen LogP contribution in [0.4, 0.5) is 17.3 Å². The van der Waals surface area contributed by atoms with E-state index in [4.69, 9.17) is 4.74 Å². The van der Waals surface area contributed by atoms with Crippen LogP contribution in [0.15, 0.2) is 30.3 Å². The number of hydrogen-bond acceptors (Lipinski definition) is 5. The number of aryl methyl sites for hydroxylation is 1. The first kappa shape index (κ1) is 15.1. The highest BCUT2D eigenvalue weighted by Gasteiger charge is 2.04. The zero-order valence-corrected chi connectivity index (χ0v) is 13.0. The van der Waals surface area contributed by atoms with Crippen molar-refractivity contribution in [3.05, 3.63) is 36.2 Å². The molecule has 0 saturated heterocycles. The standard InChI is InChI=1S/C16H22N4O/c1-11(2)10-17-15-9-16(19-12(3)18-15)20-13-6-5-7-14(8-13)21-4/h5-9,11H,10H2,1-4H3,(H2,17,18,19,20). The molecule has 2 aromatic rings. The second-order valence-corrected chi connectivity index (χ2v) is 5.32.